The van der Waals surface area contributed by atoms with E-state index < -0.39 is 0 Å². The molecule has 0 radical (unpaired) electrons. The maximum atomic E-state index is 12.1. The van der Waals surface area contributed by atoms with E-state index in [2.05, 4.69) is 5.32 Å². The molecule has 0 spiro atoms. The highest BCUT2D eigenvalue weighted by Gasteiger charge is 2.29. The molecule has 110 valence electrons. The van der Waals surface area contributed by atoms with Crippen LogP contribution in [-0.2, 0) is 14.3 Å². The largest absolute Gasteiger partial charge is 0.457 e. The molecule has 5 nitrogen and oxygen atoms in total. The summed E-state index contributed by atoms with van der Waals surface area (Å²) in [6.07, 6.45) is 2.77. The fraction of sp³-hybridized carbons (Fsp3) is 0.438. The standard InChI is InChI=1S/C16H17NO4/c1-9-12-7-11(5-6-13(12)17-15(9)19)14(18)8-21-16(20)10-3-2-4-10/h5-7,9-10H,2-4,8H2,1H3,(H,17,19)/t9-/m0/s1. The van der Waals surface area contributed by atoms with E-state index in [9.17, 15) is 14.4 Å². The Morgan fingerprint density at radius 1 is 1.33 bits per heavy atom. The van der Waals surface area contributed by atoms with Gasteiger partial charge in [-0.25, -0.2) is 0 Å². The van der Waals surface area contributed by atoms with Gasteiger partial charge in [0.15, 0.2) is 12.4 Å². The Morgan fingerprint density at radius 2 is 2.10 bits per heavy atom. The number of ether oxygens (including phenoxy) is 1. The molecule has 1 aromatic rings. The van der Waals surface area contributed by atoms with E-state index in [-0.39, 0.29) is 36.1 Å². The van der Waals surface area contributed by atoms with Gasteiger partial charge in [0.25, 0.3) is 0 Å². The summed E-state index contributed by atoms with van der Waals surface area (Å²) in [6, 6.07) is 5.08. The van der Waals surface area contributed by atoms with Crippen LogP contribution in [0.2, 0.25) is 0 Å². The molecule has 0 bridgehead atoms. The second kappa shape index (κ2) is 5.31. The zero-order valence-corrected chi connectivity index (χ0v) is 11.8. The summed E-state index contributed by atoms with van der Waals surface area (Å²) in [4.78, 5) is 35.3. The molecule has 1 aliphatic carbocycles. The van der Waals surface area contributed by atoms with Crippen molar-refractivity contribution >= 4 is 23.3 Å². The Balaban J connectivity index is 1.65. The average molecular weight is 287 g/mol. The molecule has 1 saturated carbocycles. The number of nitrogens with one attached hydrogen (secondary N) is 1. The van der Waals surface area contributed by atoms with Crippen LogP contribution in [0.4, 0.5) is 5.69 Å². The number of benzene rings is 1. The van der Waals surface area contributed by atoms with Crippen molar-refractivity contribution in [3.8, 4) is 0 Å². The highest BCUT2D eigenvalue weighted by atomic mass is 16.5. The van der Waals surface area contributed by atoms with Crippen molar-refractivity contribution in [3.63, 3.8) is 0 Å². The van der Waals surface area contributed by atoms with Gasteiger partial charge in [-0.05, 0) is 43.5 Å². The number of esters is 1. The quantitative estimate of drug-likeness (QED) is 0.681. The maximum Gasteiger partial charge on any atom is 0.309 e. The van der Waals surface area contributed by atoms with Crippen LogP contribution in [0, 0.1) is 5.92 Å². The Kier molecular flexibility index (Phi) is 3.49. The van der Waals surface area contributed by atoms with Crippen LogP contribution in [0.3, 0.4) is 0 Å². The number of rotatable bonds is 4. The van der Waals surface area contributed by atoms with Gasteiger partial charge in [0.1, 0.15) is 0 Å². The number of Topliss-reactive ketones (excluding diaryl/α,β-unsaturated/α-hetero) is 1. The molecule has 2 aliphatic rings. The van der Waals surface area contributed by atoms with E-state index in [1.165, 1.54) is 0 Å². The SMILES string of the molecule is C[C@@H]1C(=O)Nc2ccc(C(=O)COC(=O)C3CCC3)cc21. The molecule has 1 amide bonds. The number of amides is 1. The fourth-order valence-corrected chi connectivity index (χ4v) is 2.57. The molecule has 1 aliphatic heterocycles. The summed E-state index contributed by atoms with van der Waals surface area (Å²) >= 11 is 0. The van der Waals surface area contributed by atoms with Crippen molar-refractivity contribution in [3.05, 3.63) is 29.3 Å². The predicted molar refractivity (Wildman–Crippen MR) is 76.1 cm³/mol. The number of hydrogen-bond acceptors (Lipinski definition) is 4. The van der Waals surface area contributed by atoms with Crippen LogP contribution in [-0.4, -0.2) is 24.3 Å². The lowest BCUT2D eigenvalue weighted by atomic mass is 9.86. The summed E-state index contributed by atoms with van der Waals surface area (Å²) in [7, 11) is 0. The predicted octanol–water partition coefficient (Wildman–Crippen LogP) is 2.27. The van der Waals surface area contributed by atoms with Crippen LogP contribution < -0.4 is 5.32 Å². The fourth-order valence-electron chi connectivity index (χ4n) is 2.57. The van der Waals surface area contributed by atoms with Gasteiger partial charge < -0.3 is 10.1 Å². The monoisotopic (exact) mass is 287 g/mol. The van der Waals surface area contributed by atoms with Crippen molar-refractivity contribution in [1.29, 1.82) is 0 Å². The zero-order valence-electron chi connectivity index (χ0n) is 11.8. The Hall–Kier alpha value is -2.17. The lowest BCUT2D eigenvalue weighted by Crippen LogP contribution is -2.26. The molecule has 1 N–H and O–H groups in total. The number of carbonyl (C=O) groups excluding carboxylic acids is 3. The molecular formula is C16H17NO4. The third-order valence-corrected chi connectivity index (χ3v) is 4.28. The smallest absolute Gasteiger partial charge is 0.309 e. The number of ketones is 1. The van der Waals surface area contributed by atoms with Gasteiger partial charge in [0.2, 0.25) is 5.91 Å². The number of hydrogen-bond donors (Lipinski definition) is 1. The molecule has 1 fully saturated rings. The van der Waals surface area contributed by atoms with Crippen molar-refractivity contribution in [2.75, 3.05) is 11.9 Å². The molecule has 1 aromatic carbocycles. The van der Waals surface area contributed by atoms with E-state index in [1.807, 2.05) is 0 Å². The van der Waals surface area contributed by atoms with Crippen LogP contribution in [0.5, 0.6) is 0 Å². The summed E-state index contributed by atoms with van der Waals surface area (Å²) in [5.41, 5.74) is 2.03. The van der Waals surface area contributed by atoms with E-state index in [0.717, 1.165) is 30.5 Å². The molecule has 1 atom stereocenters. The van der Waals surface area contributed by atoms with Crippen molar-refractivity contribution in [2.45, 2.75) is 32.1 Å². The van der Waals surface area contributed by atoms with Gasteiger partial charge in [-0.15, -0.1) is 0 Å². The lowest BCUT2D eigenvalue weighted by Gasteiger charge is -2.22. The molecule has 0 unspecified atom stereocenters. The normalized spacial score (nSPS) is 20.4. The van der Waals surface area contributed by atoms with Crippen molar-refractivity contribution < 1.29 is 19.1 Å². The minimum atomic E-state index is -0.277. The second-order valence-corrected chi connectivity index (χ2v) is 5.67. The third kappa shape index (κ3) is 2.55. The van der Waals surface area contributed by atoms with Crippen LogP contribution >= 0.6 is 0 Å². The topological polar surface area (TPSA) is 72.5 Å². The molecule has 21 heavy (non-hydrogen) atoms. The maximum absolute atomic E-state index is 12.1. The summed E-state index contributed by atoms with van der Waals surface area (Å²) in [6.45, 7) is 1.57. The first-order valence-corrected chi connectivity index (χ1v) is 7.21. The third-order valence-electron chi connectivity index (χ3n) is 4.28. The Bertz CT molecular complexity index is 619. The molecule has 3 rings (SSSR count). The van der Waals surface area contributed by atoms with Gasteiger partial charge in [0.05, 0.1) is 11.8 Å². The van der Waals surface area contributed by atoms with E-state index in [0.29, 0.717) is 5.56 Å². The first kappa shape index (κ1) is 13.8. The van der Waals surface area contributed by atoms with Crippen LogP contribution in [0.25, 0.3) is 0 Å². The highest BCUT2D eigenvalue weighted by Crippen LogP contribution is 2.33. The molecular weight excluding hydrogens is 270 g/mol. The minimum absolute atomic E-state index is 0.0281. The highest BCUT2D eigenvalue weighted by molar-refractivity contribution is 6.05. The number of fused-ring (bicyclic) bond motifs is 1. The van der Waals surface area contributed by atoms with Gasteiger partial charge in [-0.1, -0.05) is 6.42 Å². The van der Waals surface area contributed by atoms with Gasteiger partial charge in [-0.3, -0.25) is 14.4 Å². The summed E-state index contributed by atoms with van der Waals surface area (Å²) in [5.74, 6) is -0.867. The van der Waals surface area contributed by atoms with E-state index >= 15 is 0 Å². The molecule has 0 aromatic heterocycles. The van der Waals surface area contributed by atoms with Gasteiger partial charge in [0, 0.05) is 11.3 Å². The minimum Gasteiger partial charge on any atom is -0.457 e. The Morgan fingerprint density at radius 3 is 2.76 bits per heavy atom. The molecule has 1 heterocycles. The number of carbonyl (C=O) groups is 3. The molecule has 0 saturated heterocycles. The average Bonchev–Trinajstić information content (AvgIpc) is 2.69. The summed E-state index contributed by atoms with van der Waals surface area (Å²) < 4.78 is 5.06. The van der Waals surface area contributed by atoms with Gasteiger partial charge >= 0.3 is 5.97 Å². The Labute approximate surface area is 122 Å². The van der Waals surface area contributed by atoms with E-state index in [4.69, 9.17) is 4.74 Å². The van der Waals surface area contributed by atoms with Crippen LogP contribution in [0.15, 0.2) is 18.2 Å². The lowest BCUT2D eigenvalue weighted by molar-refractivity contribution is -0.150. The molecule has 5 heteroatoms. The van der Waals surface area contributed by atoms with Gasteiger partial charge in [-0.2, -0.15) is 0 Å². The van der Waals surface area contributed by atoms with E-state index in [1.54, 1.807) is 25.1 Å². The summed E-state index contributed by atoms with van der Waals surface area (Å²) in [5, 5.41) is 2.76. The van der Waals surface area contributed by atoms with Crippen molar-refractivity contribution in [1.82, 2.24) is 0 Å². The zero-order chi connectivity index (χ0) is 15.0. The first-order valence-electron chi connectivity index (χ1n) is 7.21. The first-order chi connectivity index (χ1) is 10.1. The second-order valence-electron chi connectivity index (χ2n) is 5.67. The number of anilines is 1. The van der Waals surface area contributed by atoms with Crippen LogP contribution in [0.1, 0.15) is 48.0 Å². The van der Waals surface area contributed by atoms with Crippen molar-refractivity contribution in [2.24, 2.45) is 5.92 Å².